The molecule has 1 unspecified atom stereocenters. The van der Waals surface area contributed by atoms with Gasteiger partial charge in [0.1, 0.15) is 11.3 Å². The van der Waals surface area contributed by atoms with E-state index in [1.54, 1.807) is 25.1 Å². The Balaban J connectivity index is 1.62. The van der Waals surface area contributed by atoms with Gasteiger partial charge in [0, 0.05) is 17.0 Å². The molecule has 1 N–H and O–H groups in total. The maximum absolute atomic E-state index is 12.3. The van der Waals surface area contributed by atoms with Gasteiger partial charge in [-0.25, -0.2) is 13.2 Å². The summed E-state index contributed by atoms with van der Waals surface area (Å²) in [6.45, 7) is 3.62. The zero-order chi connectivity index (χ0) is 19.6. The first-order valence-electron chi connectivity index (χ1n) is 8.62. The van der Waals surface area contributed by atoms with E-state index in [-0.39, 0.29) is 17.3 Å². The second kappa shape index (κ2) is 7.59. The van der Waals surface area contributed by atoms with Crippen molar-refractivity contribution in [1.29, 1.82) is 0 Å². The molecule has 0 spiro atoms. The Labute approximate surface area is 156 Å². The third-order valence-electron chi connectivity index (χ3n) is 4.34. The van der Waals surface area contributed by atoms with Crippen molar-refractivity contribution in [2.75, 3.05) is 24.7 Å². The lowest BCUT2D eigenvalue weighted by molar-refractivity contribution is -0.124. The van der Waals surface area contributed by atoms with Crippen LogP contribution in [0.3, 0.4) is 0 Å². The molecule has 1 aromatic heterocycles. The fourth-order valence-electron chi connectivity index (χ4n) is 3.03. The van der Waals surface area contributed by atoms with Gasteiger partial charge in [0.15, 0.2) is 16.4 Å². The average Bonchev–Trinajstić information content (AvgIpc) is 3.12. The van der Waals surface area contributed by atoms with E-state index in [1.807, 2.05) is 6.92 Å². The standard InChI is InChI=1S/C18H21NO7S/c1-3-24-13-4-5-15-14(8-13)11(2)17(26-15)18(21)25-9-16(20)19-12-6-7-27(22,23)10-12/h4-5,8,12H,3,6-7,9-10H2,1-2H3,(H,19,20). The molecule has 0 bridgehead atoms. The molecule has 1 saturated heterocycles. The smallest absolute Gasteiger partial charge is 0.375 e. The molecule has 1 fully saturated rings. The van der Waals surface area contributed by atoms with E-state index in [4.69, 9.17) is 13.9 Å². The van der Waals surface area contributed by atoms with Crippen LogP contribution in [0.2, 0.25) is 0 Å². The van der Waals surface area contributed by atoms with Crippen LogP contribution in [0.4, 0.5) is 0 Å². The monoisotopic (exact) mass is 395 g/mol. The second-order valence-electron chi connectivity index (χ2n) is 6.39. The maximum atomic E-state index is 12.3. The number of ether oxygens (including phenoxy) is 2. The normalized spacial score (nSPS) is 18.4. The Hall–Kier alpha value is -2.55. The zero-order valence-electron chi connectivity index (χ0n) is 15.1. The molecule has 1 atom stereocenters. The Morgan fingerprint density at radius 3 is 2.78 bits per heavy atom. The lowest BCUT2D eigenvalue weighted by Crippen LogP contribution is -2.38. The predicted molar refractivity (Wildman–Crippen MR) is 97.6 cm³/mol. The number of nitrogens with one attached hydrogen (secondary N) is 1. The van der Waals surface area contributed by atoms with Crippen LogP contribution >= 0.6 is 0 Å². The van der Waals surface area contributed by atoms with Crippen LogP contribution in [0, 0.1) is 6.92 Å². The van der Waals surface area contributed by atoms with Crippen LogP contribution in [0.5, 0.6) is 5.75 Å². The number of carbonyl (C=O) groups is 2. The molecule has 0 saturated carbocycles. The lowest BCUT2D eigenvalue weighted by Gasteiger charge is -2.10. The molecule has 9 heteroatoms. The lowest BCUT2D eigenvalue weighted by atomic mass is 10.1. The number of fused-ring (bicyclic) bond motifs is 1. The molecule has 1 aromatic carbocycles. The molecule has 1 aliphatic heterocycles. The van der Waals surface area contributed by atoms with Gasteiger partial charge < -0.3 is 19.2 Å². The molecule has 1 aliphatic rings. The summed E-state index contributed by atoms with van der Waals surface area (Å²) in [5.74, 6) is -0.639. The highest BCUT2D eigenvalue weighted by Gasteiger charge is 2.29. The fraction of sp³-hybridized carbons (Fsp3) is 0.444. The maximum Gasteiger partial charge on any atom is 0.375 e. The van der Waals surface area contributed by atoms with Gasteiger partial charge >= 0.3 is 5.97 Å². The van der Waals surface area contributed by atoms with Crippen molar-refractivity contribution in [1.82, 2.24) is 5.32 Å². The number of amides is 1. The van der Waals surface area contributed by atoms with Crippen molar-refractivity contribution < 1.29 is 31.9 Å². The first-order valence-corrected chi connectivity index (χ1v) is 10.4. The number of benzene rings is 1. The molecule has 1 amide bonds. The number of rotatable bonds is 6. The van der Waals surface area contributed by atoms with Crippen LogP contribution in [0.25, 0.3) is 11.0 Å². The number of hydrogen-bond acceptors (Lipinski definition) is 7. The minimum Gasteiger partial charge on any atom is -0.494 e. The summed E-state index contributed by atoms with van der Waals surface area (Å²) in [6.07, 6.45) is 0.368. The predicted octanol–water partition coefficient (Wildman–Crippen LogP) is 1.60. The molecule has 3 rings (SSSR count). The molecule has 8 nitrogen and oxygen atoms in total. The molecule has 2 heterocycles. The third-order valence-corrected chi connectivity index (χ3v) is 6.10. The van der Waals surface area contributed by atoms with Gasteiger partial charge in [-0.3, -0.25) is 4.79 Å². The summed E-state index contributed by atoms with van der Waals surface area (Å²) >= 11 is 0. The van der Waals surface area contributed by atoms with Gasteiger partial charge in [-0.05, 0) is 38.5 Å². The zero-order valence-corrected chi connectivity index (χ0v) is 15.9. The highest BCUT2D eigenvalue weighted by Crippen LogP contribution is 2.29. The van der Waals surface area contributed by atoms with Crippen LogP contribution in [-0.4, -0.2) is 51.1 Å². The number of hydrogen-bond donors (Lipinski definition) is 1. The minimum atomic E-state index is -3.09. The van der Waals surface area contributed by atoms with Crippen molar-refractivity contribution in [2.24, 2.45) is 0 Å². The summed E-state index contributed by atoms with van der Waals surface area (Å²) in [6, 6.07) is 4.79. The van der Waals surface area contributed by atoms with Gasteiger partial charge in [-0.15, -0.1) is 0 Å². The molecule has 0 radical (unpaired) electrons. The summed E-state index contributed by atoms with van der Waals surface area (Å²) in [5, 5.41) is 3.29. The Morgan fingerprint density at radius 1 is 1.33 bits per heavy atom. The molecular formula is C18H21NO7S. The van der Waals surface area contributed by atoms with Gasteiger partial charge in [-0.2, -0.15) is 0 Å². The fourth-order valence-corrected chi connectivity index (χ4v) is 4.70. The summed E-state index contributed by atoms with van der Waals surface area (Å²) < 4.78 is 38.8. The minimum absolute atomic E-state index is 0.0230. The van der Waals surface area contributed by atoms with Crippen LogP contribution in [0.1, 0.15) is 29.5 Å². The van der Waals surface area contributed by atoms with E-state index < -0.39 is 34.4 Å². The van der Waals surface area contributed by atoms with E-state index in [0.29, 0.717) is 29.9 Å². The van der Waals surface area contributed by atoms with Gasteiger partial charge in [-0.1, -0.05) is 0 Å². The SMILES string of the molecule is CCOc1ccc2oc(C(=O)OCC(=O)NC3CCS(=O)(=O)C3)c(C)c2c1. The van der Waals surface area contributed by atoms with Crippen molar-refractivity contribution in [3.8, 4) is 5.75 Å². The van der Waals surface area contributed by atoms with E-state index in [9.17, 15) is 18.0 Å². The highest BCUT2D eigenvalue weighted by atomic mass is 32.2. The Morgan fingerprint density at radius 2 is 2.11 bits per heavy atom. The molecule has 146 valence electrons. The van der Waals surface area contributed by atoms with Gasteiger partial charge in [0.2, 0.25) is 5.76 Å². The van der Waals surface area contributed by atoms with E-state index in [2.05, 4.69) is 5.32 Å². The second-order valence-corrected chi connectivity index (χ2v) is 8.62. The van der Waals surface area contributed by atoms with E-state index in [0.717, 1.165) is 5.39 Å². The average molecular weight is 395 g/mol. The van der Waals surface area contributed by atoms with E-state index >= 15 is 0 Å². The van der Waals surface area contributed by atoms with Crippen LogP contribution in [-0.2, 0) is 19.4 Å². The van der Waals surface area contributed by atoms with Crippen LogP contribution in [0.15, 0.2) is 22.6 Å². The van der Waals surface area contributed by atoms with Crippen molar-refractivity contribution in [3.05, 3.63) is 29.5 Å². The molecule has 27 heavy (non-hydrogen) atoms. The highest BCUT2D eigenvalue weighted by molar-refractivity contribution is 7.91. The topological polar surface area (TPSA) is 112 Å². The van der Waals surface area contributed by atoms with Crippen LogP contribution < -0.4 is 10.1 Å². The Kier molecular flexibility index (Phi) is 5.41. The summed E-state index contributed by atoms with van der Waals surface area (Å²) in [4.78, 5) is 24.2. The number of furan rings is 1. The van der Waals surface area contributed by atoms with Crippen molar-refractivity contribution in [3.63, 3.8) is 0 Å². The Bertz CT molecular complexity index is 977. The molecule has 2 aromatic rings. The third kappa shape index (κ3) is 4.41. The van der Waals surface area contributed by atoms with Gasteiger partial charge in [0.05, 0.1) is 18.1 Å². The van der Waals surface area contributed by atoms with Crippen molar-refractivity contribution in [2.45, 2.75) is 26.3 Å². The van der Waals surface area contributed by atoms with E-state index in [1.165, 1.54) is 0 Å². The number of esters is 1. The van der Waals surface area contributed by atoms with Gasteiger partial charge in [0.25, 0.3) is 5.91 Å². The number of sulfone groups is 1. The molecular weight excluding hydrogens is 374 g/mol. The van der Waals surface area contributed by atoms with Crippen molar-refractivity contribution >= 4 is 32.7 Å². The number of aryl methyl sites for hydroxylation is 1. The summed E-state index contributed by atoms with van der Waals surface area (Å²) in [5.41, 5.74) is 1.11. The summed E-state index contributed by atoms with van der Waals surface area (Å²) in [7, 11) is -3.09. The molecule has 0 aliphatic carbocycles. The quantitative estimate of drug-likeness (QED) is 0.739. The first kappa shape index (κ1) is 19.2. The number of carbonyl (C=O) groups excluding carboxylic acids is 2. The largest absolute Gasteiger partial charge is 0.494 e. The first-order chi connectivity index (χ1) is 12.8.